The van der Waals surface area contributed by atoms with Crippen molar-refractivity contribution in [2.75, 3.05) is 7.11 Å². The van der Waals surface area contributed by atoms with Crippen molar-refractivity contribution in [1.82, 2.24) is 5.32 Å². The molecule has 132 valence electrons. The maximum Gasteiger partial charge on any atom is 0.325 e. The number of allylic oxidation sites excluding steroid dienone is 1. The van der Waals surface area contributed by atoms with Gasteiger partial charge in [0.1, 0.15) is 12.1 Å². The van der Waals surface area contributed by atoms with Crippen molar-refractivity contribution in [3.05, 3.63) is 23.5 Å². The molecule has 0 radical (unpaired) electrons. The van der Waals surface area contributed by atoms with E-state index in [0.717, 1.165) is 0 Å². The van der Waals surface area contributed by atoms with Crippen LogP contribution >= 0.6 is 0 Å². The number of cyclic esters (lactones) is 1. The Balaban J connectivity index is 2.47. The Bertz CT molecular complexity index is 626. The third-order valence-electron chi connectivity index (χ3n) is 4.24. The summed E-state index contributed by atoms with van der Waals surface area (Å²) in [6, 6.07) is -0.981. The SMILES string of the molecule is C=C1CC[C@H](OC)C(=O)C1=C(O)[C@]1(C)NC(=O)CC[C@@H](N)C(=O)O1. The minimum Gasteiger partial charge on any atom is -0.506 e. The van der Waals surface area contributed by atoms with Gasteiger partial charge in [-0.25, -0.2) is 0 Å². The third kappa shape index (κ3) is 3.34. The van der Waals surface area contributed by atoms with Crippen molar-refractivity contribution in [1.29, 1.82) is 0 Å². The molecular formula is C16H22N2O6. The van der Waals surface area contributed by atoms with Crippen LogP contribution in [0.1, 0.15) is 32.6 Å². The van der Waals surface area contributed by atoms with Gasteiger partial charge in [-0.2, -0.15) is 0 Å². The number of rotatable bonds is 2. The zero-order valence-corrected chi connectivity index (χ0v) is 13.8. The van der Waals surface area contributed by atoms with E-state index in [2.05, 4.69) is 11.9 Å². The van der Waals surface area contributed by atoms with Crippen LogP contribution in [0.25, 0.3) is 0 Å². The van der Waals surface area contributed by atoms with Gasteiger partial charge in [-0.3, -0.25) is 14.4 Å². The van der Waals surface area contributed by atoms with Crippen LogP contribution in [0.3, 0.4) is 0 Å². The summed E-state index contributed by atoms with van der Waals surface area (Å²) in [7, 11) is 1.39. The lowest BCUT2D eigenvalue weighted by Crippen LogP contribution is -2.56. The van der Waals surface area contributed by atoms with Crippen molar-refractivity contribution >= 4 is 17.7 Å². The molecule has 1 heterocycles. The first-order chi connectivity index (χ1) is 11.2. The number of methoxy groups -OCH3 is 1. The molecule has 0 aromatic rings. The summed E-state index contributed by atoms with van der Waals surface area (Å²) in [5.74, 6) is -2.27. The molecule has 24 heavy (non-hydrogen) atoms. The van der Waals surface area contributed by atoms with E-state index in [1.165, 1.54) is 14.0 Å². The number of ketones is 1. The molecule has 1 saturated carbocycles. The largest absolute Gasteiger partial charge is 0.506 e. The maximum atomic E-state index is 12.5. The van der Waals surface area contributed by atoms with E-state index in [1.807, 2.05) is 0 Å². The van der Waals surface area contributed by atoms with Crippen LogP contribution in [0.5, 0.6) is 0 Å². The number of hydrogen-bond acceptors (Lipinski definition) is 7. The van der Waals surface area contributed by atoms with Crippen LogP contribution in [0, 0.1) is 0 Å². The lowest BCUT2D eigenvalue weighted by atomic mass is 9.84. The minimum atomic E-state index is -1.89. The molecule has 2 fully saturated rings. The molecule has 0 aromatic carbocycles. The van der Waals surface area contributed by atoms with E-state index in [4.69, 9.17) is 15.2 Å². The molecule has 3 atom stereocenters. The first-order valence-corrected chi connectivity index (χ1v) is 7.68. The Kier molecular flexibility index (Phi) is 5.10. The number of carbonyl (C=O) groups is 3. The van der Waals surface area contributed by atoms with Gasteiger partial charge >= 0.3 is 5.97 Å². The molecule has 0 spiro atoms. The summed E-state index contributed by atoms with van der Waals surface area (Å²) in [5, 5.41) is 13.1. The molecule has 2 rings (SSSR count). The first kappa shape index (κ1) is 18.2. The zero-order chi connectivity index (χ0) is 18.1. The quantitative estimate of drug-likeness (QED) is 0.373. The van der Waals surface area contributed by atoms with Crippen molar-refractivity contribution in [2.24, 2.45) is 5.73 Å². The predicted molar refractivity (Wildman–Crippen MR) is 83.7 cm³/mol. The smallest absolute Gasteiger partial charge is 0.325 e. The maximum absolute atomic E-state index is 12.5. The molecule has 8 heteroatoms. The number of aliphatic hydroxyl groups excluding tert-OH is 1. The van der Waals surface area contributed by atoms with Gasteiger partial charge in [-0.05, 0) is 24.8 Å². The van der Waals surface area contributed by atoms with Crippen LogP contribution in [-0.4, -0.2) is 47.7 Å². The highest BCUT2D eigenvalue weighted by Gasteiger charge is 2.43. The van der Waals surface area contributed by atoms with E-state index < -0.39 is 41.3 Å². The van der Waals surface area contributed by atoms with E-state index >= 15 is 0 Å². The topological polar surface area (TPSA) is 128 Å². The molecule has 0 aromatic heterocycles. The number of aliphatic hydroxyl groups is 1. The number of carbonyl (C=O) groups excluding carboxylic acids is 3. The van der Waals surface area contributed by atoms with E-state index in [0.29, 0.717) is 18.4 Å². The second-order valence-corrected chi connectivity index (χ2v) is 6.10. The molecule has 8 nitrogen and oxygen atoms in total. The average molecular weight is 338 g/mol. The van der Waals surface area contributed by atoms with E-state index in [1.54, 1.807) is 0 Å². The summed E-state index contributed by atoms with van der Waals surface area (Å²) in [6.07, 6.45) is 0.290. The summed E-state index contributed by atoms with van der Waals surface area (Å²) < 4.78 is 10.3. The van der Waals surface area contributed by atoms with Gasteiger partial charge in [-0.15, -0.1) is 0 Å². The van der Waals surface area contributed by atoms with Crippen LogP contribution in [0.4, 0.5) is 0 Å². The van der Waals surface area contributed by atoms with Crippen molar-refractivity contribution < 1.29 is 29.0 Å². The van der Waals surface area contributed by atoms with Gasteiger partial charge in [0, 0.05) is 20.5 Å². The van der Waals surface area contributed by atoms with Crippen molar-refractivity contribution in [3.8, 4) is 0 Å². The second kappa shape index (κ2) is 6.74. The van der Waals surface area contributed by atoms with E-state index in [-0.39, 0.29) is 18.4 Å². The molecule has 1 aliphatic heterocycles. The highest BCUT2D eigenvalue weighted by Crippen LogP contribution is 2.33. The highest BCUT2D eigenvalue weighted by atomic mass is 16.6. The Morgan fingerprint density at radius 3 is 2.67 bits per heavy atom. The Hall–Kier alpha value is -2.19. The number of nitrogens with one attached hydrogen (secondary N) is 1. The fourth-order valence-corrected chi connectivity index (χ4v) is 2.79. The Morgan fingerprint density at radius 1 is 1.38 bits per heavy atom. The fourth-order valence-electron chi connectivity index (χ4n) is 2.79. The monoisotopic (exact) mass is 338 g/mol. The van der Waals surface area contributed by atoms with Gasteiger partial charge in [0.05, 0.1) is 5.57 Å². The molecule has 1 amide bonds. The van der Waals surface area contributed by atoms with Gasteiger partial charge in [0.25, 0.3) is 0 Å². The lowest BCUT2D eigenvalue weighted by Gasteiger charge is -2.35. The first-order valence-electron chi connectivity index (χ1n) is 7.68. The predicted octanol–water partition coefficient (Wildman–Crippen LogP) is 0.229. The Labute approximate surface area is 139 Å². The average Bonchev–Trinajstić information content (AvgIpc) is 2.51. The van der Waals surface area contributed by atoms with Gasteiger partial charge in [0.2, 0.25) is 11.6 Å². The van der Waals surface area contributed by atoms with Gasteiger partial charge in [0.15, 0.2) is 11.5 Å². The van der Waals surface area contributed by atoms with Crippen LogP contribution in [0.15, 0.2) is 23.5 Å². The molecule has 0 unspecified atom stereocenters. The Morgan fingerprint density at radius 2 is 2.04 bits per heavy atom. The van der Waals surface area contributed by atoms with Crippen molar-refractivity contribution in [3.63, 3.8) is 0 Å². The van der Waals surface area contributed by atoms with Crippen LogP contribution < -0.4 is 11.1 Å². The molecule has 0 bridgehead atoms. The summed E-state index contributed by atoms with van der Waals surface area (Å²) in [6.45, 7) is 5.08. The third-order valence-corrected chi connectivity index (χ3v) is 4.24. The molecular weight excluding hydrogens is 316 g/mol. The number of Topliss-reactive ketones (excluding diaryl/α,β-unsaturated/α-hetero) is 1. The van der Waals surface area contributed by atoms with Crippen LogP contribution in [0.2, 0.25) is 0 Å². The normalized spacial score (nSPS) is 34.1. The minimum absolute atomic E-state index is 0.00403. The zero-order valence-electron chi connectivity index (χ0n) is 13.8. The standard InChI is InChI=1S/C16H22N2O6/c1-8-4-6-10(23-3)13(20)12(8)14(21)16(2)18-11(19)7-5-9(17)15(22)24-16/h9-10,21H,1,4-7,17H2,2-3H3,(H,18,19)/t9-,10+,16-/m1/s1. The number of amides is 1. The number of ether oxygens (including phenoxy) is 2. The molecule has 4 N–H and O–H groups in total. The second-order valence-electron chi connectivity index (χ2n) is 6.10. The molecule has 2 aliphatic rings. The number of nitrogens with two attached hydrogens (primary N) is 1. The highest BCUT2D eigenvalue weighted by molar-refractivity contribution is 6.04. The van der Waals surface area contributed by atoms with Gasteiger partial charge < -0.3 is 25.6 Å². The lowest BCUT2D eigenvalue weighted by molar-refractivity contribution is -0.166. The number of hydrogen-bond donors (Lipinski definition) is 3. The van der Waals surface area contributed by atoms with E-state index in [9.17, 15) is 19.5 Å². The molecule has 1 aliphatic carbocycles. The van der Waals surface area contributed by atoms with Crippen molar-refractivity contribution in [2.45, 2.75) is 50.5 Å². The number of esters is 1. The molecule has 1 saturated heterocycles. The summed E-state index contributed by atoms with van der Waals surface area (Å²) in [4.78, 5) is 36.4. The summed E-state index contributed by atoms with van der Waals surface area (Å²) >= 11 is 0. The van der Waals surface area contributed by atoms with Crippen LogP contribution in [-0.2, 0) is 23.9 Å². The van der Waals surface area contributed by atoms with Gasteiger partial charge in [-0.1, -0.05) is 6.58 Å². The fraction of sp³-hybridized carbons (Fsp3) is 0.562. The summed E-state index contributed by atoms with van der Waals surface area (Å²) in [5.41, 5.74) is 4.06.